The molecule has 1 fully saturated rings. The van der Waals surface area contributed by atoms with Crippen LogP contribution in [0.4, 0.5) is 28.9 Å². The summed E-state index contributed by atoms with van der Waals surface area (Å²) in [5.74, 6) is -0.603. The topological polar surface area (TPSA) is 142 Å². The number of unbranched alkanes of at least 4 members (excludes halogenated alkanes) is 3. The fraction of sp³-hybridized carbons (Fsp3) is 0.429. The van der Waals surface area contributed by atoms with Crippen LogP contribution in [0.1, 0.15) is 102 Å². The van der Waals surface area contributed by atoms with Crippen molar-refractivity contribution >= 4 is 34.1 Å². The number of ether oxygens (including phenoxy) is 1. The van der Waals surface area contributed by atoms with Crippen LogP contribution in [-0.2, 0) is 13.0 Å². The average molecular weight is 883 g/mol. The van der Waals surface area contributed by atoms with Crippen LogP contribution in [-0.4, -0.2) is 66.7 Å². The number of hydrogen-bond acceptors (Lipinski definition) is 7. The summed E-state index contributed by atoms with van der Waals surface area (Å²) in [6.07, 6.45) is 3.05. The van der Waals surface area contributed by atoms with Crippen molar-refractivity contribution in [2.45, 2.75) is 89.9 Å². The van der Waals surface area contributed by atoms with Gasteiger partial charge in [-0.3, -0.25) is 19.7 Å². The van der Waals surface area contributed by atoms with Crippen LogP contribution in [0.15, 0.2) is 78.9 Å². The Balaban J connectivity index is 0.864. The standard InChI is InChI=1S/C49H54F4N6O5/c1-48(2,28-56-46(60)32-14-17-35(18-15-32)64-29-49(51,52)53)45-37-9-7-8-36(37)39-26-34(59(62)63)16-19-42(39)58(45)23-6-4-3-5-21-54-27-30-10-12-31(13-11-30)44-38-20-22-55-47(61)40-24-33(50)25-41(57-44)43(38)40/h10-19,24-26,36-37,45,54,57H,3-9,20-23,27-29H2,1-2H3,(H,55,61)(H,56,60). The van der Waals surface area contributed by atoms with E-state index in [9.17, 15) is 37.3 Å². The number of aromatic nitrogens is 1. The Morgan fingerprint density at radius 2 is 1.73 bits per heavy atom. The number of nitrogens with one attached hydrogen (secondary N) is 4. The van der Waals surface area contributed by atoms with Gasteiger partial charge in [0.1, 0.15) is 11.6 Å². The molecule has 15 heteroatoms. The molecule has 0 spiro atoms. The zero-order valence-corrected chi connectivity index (χ0v) is 36.1. The van der Waals surface area contributed by atoms with E-state index in [1.807, 2.05) is 6.07 Å². The number of benzene rings is 4. The summed E-state index contributed by atoms with van der Waals surface area (Å²) in [6.45, 7) is 6.05. The van der Waals surface area contributed by atoms with E-state index >= 15 is 0 Å². The summed E-state index contributed by atoms with van der Waals surface area (Å²) in [4.78, 5) is 43.3. The lowest BCUT2D eigenvalue weighted by molar-refractivity contribution is -0.384. The summed E-state index contributed by atoms with van der Waals surface area (Å²) < 4.78 is 57.0. The molecular weight excluding hydrogens is 829 g/mol. The van der Waals surface area contributed by atoms with Crippen molar-refractivity contribution in [2.75, 3.05) is 37.7 Å². The molecule has 1 aromatic heterocycles. The van der Waals surface area contributed by atoms with Crippen molar-refractivity contribution < 1.29 is 36.8 Å². The number of nitro groups is 1. The summed E-state index contributed by atoms with van der Waals surface area (Å²) in [5, 5.41) is 22.2. The molecule has 4 N–H and O–H groups in total. The molecule has 338 valence electrons. The van der Waals surface area contributed by atoms with Gasteiger partial charge in [0.05, 0.1) is 10.5 Å². The second-order valence-electron chi connectivity index (χ2n) is 18.1. The van der Waals surface area contributed by atoms with Gasteiger partial charge in [-0.15, -0.1) is 0 Å². The van der Waals surface area contributed by atoms with Gasteiger partial charge in [-0.25, -0.2) is 4.39 Å². The maximum atomic E-state index is 14.4. The predicted molar refractivity (Wildman–Crippen MR) is 238 cm³/mol. The molecule has 8 rings (SSSR count). The smallest absolute Gasteiger partial charge is 0.422 e. The first-order valence-electron chi connectivity index (χ1n) is 22.2. The molecular formula is C49H54F4N6O5. The molecule has 64 heavy (non-hydrogen) atoms. The Hall–Kier alpha value is -5.96. The van der Waals surface area contributed by atoms with Gasteiger partial charge in [-0.2, -0.15) is 13.2 Å². The second kappa shape index (κ2) is 18.6. The molecule has 3 atom stereocenters. The highest BCUT2D eigenvalue weighted by atomic mass is 19.4. The number of anilines is 1. The number of halogens is 4. The summed E-state index contributed by atoms with van der Waals surface area (Å²) >= 11 is 0. The lowest BCUT2D eigenvalue weighted by Gasteiger charge is -2.52. The van der Waals surface area contributed by atoms with Crippen molar-refractivity contribution in [2.24, 2.45) is 11.3 Å². The number of carbonyl (C=O) groups is 2. The van der Waals surface area contributed by atoms with E-state index in [0.29, 0.717) is 42.7 Å². The van der Waals surface area contributed by atoms with Gasteiger partial charge in [0.15, 0.2) is 6.61 Å². The maximum absolute atomic E-state index is 14.4. The normalized spacial score (nSPS) is 18.3. The number of fused-ring (bicyclic) bond motifs is 3. The van der Waals surface area contributed by atoms with E-state index in [-0.39, 0.29) is 46.1 Å². The van der Waals surface area contributed by atoms with E-state index < -0.39 is 24.0 Å². The largest absolute Gasteiger partial charge is 0.484 e. The van der Waals surface area contributed by atoms with Crippen molar-refractivity contribution in [3.63, 3.8) is 0 Å². The van der Waals surface area contributed by atoms with Crippen molar-refractivity contribution in [1.29, 1.82) is 0 Å². The molecule has 2 amide bonds. The number of aromatic amines is 1. The van der Waals surface area contributed by atoms with Gasteiger partial charge in [0, 0.05) is 77.6 Å². The van der Waals surface area contributed by atoms with E-state index in [2.05, 4.69) is 63.9 Å². The van der Waals surface area contributed by atoms with Gasteiger partial charge < -0.3 is 30.6 Å². The molecule has 5 aromatic rings. The van der Waals surface area contributed by atoms with Crippen molar-refractivity contribution in [3.05, 3.63) is 123 Å². The number of H-pyrrole nitrogens is 1. The number of nitrogens with zero attached hydrogens (tertiary/aromatic N) is 2. The zero-order chi connectivity index (χ0) is 45.2. The van der Waals surface area contributed by atoms with Crippen LogP contribution in [0, 0.1) is 27.3 Å². The van der Waals surface area contributed by atoms with Crippen molar-refractivity contribution in [1.82, 2.24) is 20.9 Å². The molecule has 0 radical (unpaired) electrons. The van der Waals surface area contributed by atoms with Crippen LogP contribution in [0.2, 0.25) is 0 Å². The summed E-state index contributed by atoms with van der Waals surface area (Å²) in [7, 11) is 0. The van der Waals surface area contributed by atoms with Crippen LogP contribution < -0.4 is 25.6 Å². The fourth-order valence-corrected chi connectivity index (χ4v) is 10.3. The van der Waals surface area contributed by atoms with E-state index in [1.165, 1.54) is 36.4 Å². The Labute approximate surface area is 369 Å². The third kappa shape index (κ3) is 9.74. The highest BCUT2D eigenvalue weighted by molar-refractivity contribution is 6.10. The molecule has 3 heterocycles. The SMILES string of the molecule is CC(C)(CNC(=O)c1ccc(OCC(F)(F)F)cc1)C1C2CCCC2c2cc([N+](=O)[O-])ccc2N1CCCCCCNCc1ccc(-c2[nH]c3cc(F)cc4c3c2CCNC4=O)cc1. The highest BCUT2D eigenvalue weighted by Gasteiger charge is 2.49. The van der Waals surface area contributed by atoms with Crippen LogP contribution in [0.25, 0.3) is 22.2 Å². The molecule has 1 saturated carbocycles. The third-order valence-electron chi connectivity index (χ3n) is 13.2. The molecule has 3 aliphatic rings. The first kappa shape index (κ1) is 44.6. The molecule has 0 bridgehead atoms. The lowest BCUT2D eigenvalue weighted by Crippen LogP contribution is -2.57. The summed E-state index contributed by atoms with van der Waals surface area (Å²) in [6, 6.07) is 22.0. The van der Waals surface area contributed by atoms with Gasteiger partial charge in [-0.05, 0) is 115 Å². The average Bonchev–Trinajstić information content (AvgIpc) is 3.86. The molecule has 3 unspecified atom stereocenters. The van der Waals surface area contributed by atoms with E-state index in [1.54, 1.807) is 12.1 Å². The number of carbonyl (C=O) groups excluding carboxylic acids is 2. The van der Waals surface area contributed by atoms with Crippen molar-refractivity contribution in [3.8, 4) is 17.0 Å². The molecule has 2 aliphatic heterocycles. The number of rotatable bonds is 17. The Kier molecular flexibility index (Phi) is 13.0. The monoisotopic (exact) mass is 882 g/mol. The fourth-order valence-electron chi connectivity index (χ4n) is 10.3. The lowest BCUT2D eigenvalue weighted by atomic mass is 9.68. The van der Waals surface area contributed by atoms with Crippen LogP contribution in [0.3, 0.4) is 0 Å². The van der Waals surface area contributed by atoms with Gasteiger partial charge >= 0.3 is 6.18 Å². The minimum atomic E-state index is -4.46. The van der Waals surface area contributed by atoms with Crippen LogP contribution in [0.5, 0.6) is 5.75 Å². The Morgan fingerprint density at radius 1 is 0.969 bits per heavy atom. The third-order valence-corrected chi connectivity index (χ3v) is 13.2. The molecule has 0 saturated heterocycles. The van der Waals surface area contributed by atoms with E-state index in [4.69, 9.17) is 4.74 Å². The minimum Gasteiger partial charge on any atom is -0.484 e. The van der Waals surface area contributed by atoms with Gasteiger partial charge in [-0.1, -0.05) is 57.4 Å². The predicted octanol–water partition coefficient (Wildman–Crippen LogP) is 9.99. The molecule has 1 aliphatic carbocycles. The van der Waals surface area contributed by atoms with Crippen LogP contribution >= 0.6 is 0 Å². The number of alkyl halides is 3. The number of hydrogen-bond donors (Lipinski definition) is 4. The number of amides is 2. The quantitative estimate of drug-likeness (QED) is 0.0315. The van der Waals surface area contributed by atoms with Gasteiger partial charge in [0.2, 0.25) is 0 Å². The van der Waals surface area contributed by atoms with E-state index in [0.717, 1.165) is 97.1 Å². The van der Waals surface area contributed by atoms with Gasteiger partial charge in [0.25, 0.3) is 17.5 Å². The first-order chi connectivity index (χ1) is 30.7. The number of non-ortho nitro benzene ring substituents is 1. The highest BCUT2D eigenvalue weighted by Crippen LogP contribution is 2.55. The Morgan fingerprint density at radius 3 is 2.48 bits per heavy atom. The molecule has 4 aromatic carbocycles. The minimum absolute atomic E-state index is 0.0260. The number of nitro benzene ring substituents is 1. The first-order valence-corrected chi connectivity index (χ1v) is 22.2. The summed E-state index contributed by atoms with van der Waals surface area (Å²) in [5.41, 5.74) is 7.06. The Bertz CT molecular complexity index is 2500. The molecule has 11 nitrogen and oxygen atoms in total. The zero-order valence-electron chi connectivity index (χ0n) is 36.1. The second-order valence-corrected chi connectivity index (χ2v) is 18.1. The maximum Gasteiger partial charge on any atom is 0.422 e.